The van der Waals surface area contributed by atoms with Crippen LogP contribution in [0.4, 0.5) is 0 Å². The number of ketones is 2. The van der Waals surface area contributed by atoms with Crippen LogP contribution in [-0.2, 0) is 24.0 Å². The number of phenolic OH excluding ortho intramolecular Hbond substituents is 1. The molecule has 0 radical (unpaired) electrons. The number of carboxylic acids is 1. The summed E-state index contributed by atoms with van der Waals surface area (Å²) in [4.78, 5) is 65.4. The van der Waals surface area contributed by atoms with Gasteiger partial charge < -0.3 is 19.7 Å². The highest BCUT2D eigenvalue weighted by atomic mass is 16.5. The first-order valence-corrected chi connectivity index (χ1v) is 12.3. The molecule has 198 valence electrons. The molecule has 10 nitrogen and oxygen atoms in total. The molecule has 4 unspecified atom stereocenters. The van der Waals surface area contributed by atoms with E-state index in [0.717, 1.165) is 10.5 Å². The maximum absolute atomic E-state index is 13.5. The highest BCUT2D eigenvalue weighted by Gasteiger charge is 2.56. The molecular weight excluding hydrogens is 494 g/mol. The molecular formula is C28H27NO9. The lowest BCUT2D eigenvalue weighted by atomic mass is 9.59. The fourth-order valence-corrected chi connectivity index (χ4v) is 6.33. The molecule has 4 atom stereocenters. The van der Waals surface area contributed by atoms with Crippen LogP contribution in [0.15, 0.2) is 46.6 Å². The third kappa shape index (κ3) is 3.74. The van der Waals surface area contributed by atoms with Crippen molar-refractivity contribution in [3.05, 3.63) is 52.1 Å². The van der Waals surface area contributed by atoms with E-state index in [4.69, 9.17) is 14.6 Å². The van der Waals surface area contributed by atoms with Crippen molar-refractivity contribution in [2.24, 2.45) is 17.8 Å². The van der Waals surface area contributed by atoms with Crippen LogP contribution in [0.5, 0.6) is 17.2 Å². The highest BCUT2D eigenvalue weighted by molar-refractivity contribution is 6.23. The molecule has 5 rings (SSSR count). The van der Waals surface area contributed by atoms with E-state index < -0.39 is 41.5 Å². The number of hydrogen-bond donors (Lipinski definition) is 2. The fourth-order valence-electron chi connectivity index (χ4n) is 6.33. The van der Waals surface area contributed by atoms with Crippen molar-refractivity contribution in [3.8, 4) is 17.2 Å². The normalized spacial score (nSPS) is 26.4. The average molecular weight is 522 g/mol. The Bertz CT molecular complexity index is 1370. The van der Waals surface area contributed by atoms with Gasteiger partial charge in [-0.05, 0) is 49.5 Å². The number of likely N-dealkylation sites (tertiary alicyclic amines) is 1. The molecule has 0 bridgehead atoms. The van der Waals surface area contributed by atoms with Crippen LogP contribution in [-0.4, -0.2) is 65.2 Å². The van der Waals surface area contributed by atoms with Gasteiger partial charge in [-0.15, -0.1) is 0 Å². The summed E-state index contributed by atoms with van der Waals surface area (Å²) in [6.07, 6.45) is 3.18. The number of rotatable bonds is 6. The Kier molecular flexibility index (Phi) is 6.21. The van der Waals surface area contributed by atoms with E-state index in [0.29, 0.717) is 22.3 Å². The quantitative estimate of drug-likeness (QED) is 0.327. The third-order valence-electron chi connectivity index (χ3n) is 8.04. The van der Waals surface area contributed by atoms with Crippen LogP contribution in [0.25, 0.3) is 0 Å². The standard InChI is InChI=1S/C28H27NO9/c1-12-8-18(30)24-17(25(12)33)11-16-14(22(24)13-9-19(37-2)26(34)20(10-13)38-3)4-5-15-23(16)28(36)29(27(15)35)7-6-21(31)32/h4,8-10,15-16,22-23,34H,5-7,11H2,1-3H3,(H,31,32). The van der Waals surface area contributed by atoms with E-state index in [2.05, 4.69) is 0 Å². The molecule has 2 N–H and O–H groups in total. The lowest BCUT2D eigenvalue weighted by Crippen LogP contribution is -2.40. The molecule has 0 aromatic heterocycles. The van der Waals surface area contributed by atoms with Crippen molar-refractivity contribution < 1.29 is 43.7 Å². The van der Waals surface area contributed by atoms with Gasteiger partial charge in [-0.25, -0.2) is 0 Å². The number of hydrogen-bond acceptors (Lipinski definition) is 8. The predicted octanol–water partition coefficient (Wildman–Crippen LogP) is 2.31. The second-order valence-corrected chi connectivity index (χ2v) is 9.97. The molecule has 4 aliphatic rings. The van der Waals surface area contributed by atoms with Crippen LogP contribution in [0.3, 0.4) is 0 Å². The number of benzene rings is 1. The van der Waals surface area contributed by atoms with Crippen LogP contribution >= 0.6 is 0 Å². The molecule has 1 saturated heterocycles. The van der Waals surface area contributed by atoms with E-state index in [1.54, 1.807) is 19.1 Å². The summed E-state index contributed by atoms with van der Waals surface area (Å²) in [7, 11) is 2.76. The number of imide groups is 1. The van der Waals surface area contributed by atoms with E-state index in [9.17, 15) is 29.1 Å². The van der Waals surface area contributed by atoms with Crippen molar-refractivity contribution in [1.29, 1.82) is 0 Å². The molecule has 1 fully saturated rings. The summed E-state index contributed by atoms with van der Waals surface area (Å²) in [5, 5.41) is 19.6. The SMILES string of the molecule is COc1cc(C2C3=CCC4C(=O)N(CCC(=O)O)C(=O)C4C3CC3=C2C(=O)C=C(C)C3=O)cc(OC)c1O. The topological polar surface area (TPSA) is 148 Å². The molecule has 10 heteroatoms. The van der Waals surface area contributed by atoms with Gasteiger partial charge in [-0.3, -0.25) is 28.9 Å². The van der Waals surface area contributed by atoms with Crippen LogP contribution in [0.2, 0.25) is 0 Å². The number of amides is 2. The molecule has 0 spiro atoms. The van der Waals surface area contributed by atoms with E-state index in [-0.39, 0.29) is 54.6 Å². The number of methoxy groups -OCH3 is 2. The van der Waals surface area contributed by atoms with Gasteiger partial charge in [0.15, 0.2) is 23.1 Å². The number of allylic oxidation sites excluding steroid dienone is 6. The lowest BCUT2D eigenvalue weighted by molar-refractivity contribution is -0.142. The summed E-state index contributed by atoms with van der Waals surface area (Å²) in [5.41, 5.74) is 2.17. The minimum atomic E-state index is -1.12. The first-order chi connectivity index (χ1) is 18.1. The van der Waals surface area contributed by atoms with Crippen molar-refractivity contribution in [2.45, 2.75) is 32.1 Å². The summed E-state index contributed by atoms with van der Waals surface area (Å²) in [5.74, 6) is -5.29. The summed E-state index contributed by atoms with van der Waals surface area (Å²) >= 11 is 0. The van der Waals surface area contributed by atoms with Crippen molar-refractivity contribution in [1.82, 2.24) is 4.90 Å². The maximum Gasteiger partial charge on any atom is 0.305 e. The maximum atomic E-state index is 13.5. The first-order valence-electron chi connectivity index (χ1n) is 12.3. The highest BCUT2D eigenvalue weighted by Crippen LogP contribution is 2.56. The Morgan fingerprint density at radius 2 is 1.71 bits per heavy atom. The first kappa shape index (κ1) is 25.4. The van der Waals surface area contributed by atoms with Gasteiger partial charge in [-0.2, -0.15) is 0 Å². The van der Waals surface area contributed by atoms with Crippen molar-refractivity contribution in [2.75, 3.05) is 20.8 Å². The number of carbonyl (C=O) groups excluding carboxylic acids is 4. The Labute approximate surface area is 218 Å². The molecule has 1 aliphatic heterocycles. The number of phenols is 1. The Morgan fingerprint density at radius 3 is 2.32 bits per heavy atom. The molecule has 1 aromatic carbocycles. The third-order valence-corrected chi connectivity index (χ3v) is 8.04. The monoisotopic (exact) mass is 521 g/mol. The van der Waals surface area contributed by atoms with Crippen LogP contribution in [0, 0.1) is 17.8 Å². The number of fused-ring (bicyclic) bond motifs is 3. The van der Waals surface area contributed by atoms with Gasteiger partial charge in [0.25, 0.3) is 0 Å². The number of carboxylic acid groups (broad SMARTS) is 1. The fraction of sp³-hybridized carbons (Fsp3) is 0.393. The zero-order valence-corrected chi connectivity index (χ0v) is 21.1. The summed E-state index contributed by atoms with van der Waals surface area (Å²) in [6.45, 7) is 1.35. The van der Waals surface area contributed by atoms with E-state index >= 15 is 0 Å². The zero-order chi connectivity index (χ0) is 27.5. The van der Waals surface area contributed by atoms with Crippen LogP contribution in [0.1, 0.15) is 37.7 Å². The number of Topliss-reactive ketones (excluding diaryl/α,β-unsaturated/α-hetero) is 1. The smallest absolute Gasteiger partial charge is 0.305 e. The summed E-state index contributed by atoms with van der Waals surface area (Å²) < 4.78 is 10.7. The number of nitrogens with zero attached hydrogens (tertiary/aromatic N) is 1. The zero-order valence-electron chi connectivity index (χ0n) is 21.1. The summed E-state index contributed by atoms with van der Waals surface area (Å²) in [6, 6.07) is 3.15. The van der Waals surface area contributed by atoms with Gasteiger partial charge >= 0.3 is 5.97 Å². The Balaban J connectivity index is 1.66. The Hall–Kier alpha value is -4.21. The number of aliphatic carboxylic acids is 1. The van der Waals surface area contributed by atoms with E-state index in [1.807, 2.05) is 6.08 Å². The molecule has 38 heavy (non-hydrogen) atoms. The number of ether oxygens (including phenoxy) is 2. The number of carbonyl (C=O) groups is 5. The van der Waals surface area contributed by atoms with Crippen LogP contribution < -0.4 is 9.47 Å². The molecule has 0 saturated carbocycles. The van der Waals surface area contributed by atoms with Crippen molar-refractivity contribution in [3.63, 3.8) is 0 Å². The van der Waals surface area contributed by atoms with Gasteiger partial charge in [0.2, 0.25) is 17.6 Å². The minimum absolute atomic E-state index is 0.117. The lowest BCUT2D eigenvalue weighted by Gasteiger charge is -2.42. The molecule has 2 amide bonds. The van der Waals surface area contributed by atoms with Crippen molar-refractivity contribution >= 4 is 29.4 Å². The second-order valence-electron chi connectivity index (χ2n) is 9.97. The molecule has 3 aliphatic carbocycles. The Morgan fingerprint density at radius 1 is 1.05 bits per heavy atom. The molecule has 1 aromatic rings. The van der Waals surface area contributed by atoms with Gasteiger partial charge in [0.05, 0.1) is 32.5 Å². The average Bonchev–Trinajstić information content (AvgIpc) is 3.14. The molecule has 1 heterocycles. The largest absolute Gasteiger partial charge is 0.502 e. The predicted molar refractivity (Wildman–Crippen MR) is 132 cm³/mol. The number of aromatic hydroxyl groups is 1. The van der Waals surface area contributed by atoms with E-state index in [1.165, 1.54) is 20.3 Å². The second kappa shape index (κ2) is 9.27. The minimum Gasteiger partial charge on any atom is -0.502 e. The van der Waals surface area contributed by atoms with Gasteiger partial charge in [-0.1, -0.05) is 11.6 Å². The van der Waals surface area contributed by atoms with Gasteiger partial charge in [0, 0.05) is 29.2 Å². The van der Waals surface area contributed by atoms with Gasteiger partial charge in [0.1, 0.15) is 0 Å².